The fraction of sp³-hybridized carbons (Fsp3) is 0.417. The summed E-state index contributed by atoms with van der Waals surface area (Å²) >= 11 is 26.2. The first-order valence-corrected chi connectivity index (χ1v) is 13.5. The van der Waals surface area contributed by atoms with Gasteiger partial charge in [0.2, 0.25) is 11.8 Å². The third kappa shape index (κ3) is 8.56. The lowest BCUT2D eigenvalue weighted by Crippen LogP contribution is -2.49. The number of thioether (sulfide) groups is 1. The van der Waals surface area contributed by atoms with Crippen LogP contribution in [-0.2, 0) is 21.9 Å². The highest BCUT2D eigenvalue weighted by molar-refractivity contribution is 7.99. The molecular weight excluding hydrogens is 522 g/mol. The molecule has 0 saturated carbocycles. The summed E-state index contributed by atoms with van der Waals surface area (Å²) in [5.74, 6) is 0.453. The quantitative estimate of drug-likeness (QED) is 0.283. The van der Waals surface area contributed by atoms with Crippen molar-refractivity contribution in [2.45, 2.75) is 51.4 Å². The number of halogens is 4. The first-order chi connectivity index (χ1) is 15.8. The summed E-state index contributed by atoms with van der Waals surface area (Å²) in [6.45, 7) is 4.68. The van der Waals surface area contributed by atoms with Crippen molar-refractivity contribution in [3.8, 4) is 0 Å². The van der Waals surface area contributed by atoms with Gasteiger partial charge in [0.15, 0.2) is 0 Å². The molecule has 2 rings (SSSR count). The Kier molecular flexibility index (Phi) is 12.2. The van der Waals surface area contributed by atoms with Crippen LogP contribution in [0.4, 0.5) is 0 Å². The Hall–Kier alpha value is -1.11. The van der Waals surface area contributed by atoms with Crippen LogP contribution in [0.1, 0.15) is 44.2 Å². The summed E-state index contributed by atoms with van der Waals surface area (Å²) in [5, 5.41) is 4.84. The molecular formula is C24H28Cl4N2O2S. The van der Waals surface area contributed by atoms with E-state index in [-0.39, 0.29) is 24.1 Å². The summed E-state index contributed by atoms with van der Waals surface area (Å²) < 4.78 is 0. The van der Waals surface area contributed by atoms with E-state index in [0.717, 1.165) is 18.4 Å². The van der Waals surface area contributed by atoms with Crippen LogP contribution in [0.5, 0.6) is 0 Å². The van der Waals surface area contributed by atoms with Crippen LogP contribution in [0.3, 0.4) is 0 Å². The van der Waals surface area contributed by atoms with Crippen molar-refractivity contribution in [3.63, 3.8) is 0 Å². The summed E-state index contributed by atoms with van der Waals surface area (Å²) in [7, 11) is 0. The summed E-state index contributed by atoms with van der Waals surface area (Å²) in [4.78, 5) is 27.8. The number of nitrogens with one attached hydrogen (secondary N) is 1. The first-order valence-electron chi connectivity index (χ1n) is 10.8. The van der Waals surface area contributed by atoms with Gasteiger partial charge in [-0.05, 0) is 42.7 Å². The van der Waals surface area contributed by atoms with E-state index in [4.69, 9.17) is 46.4 Å². The third-order valence-corrected chi connectivity index (χ3v) is 7.52. The molecule has 0 aliphatic carbocycles. The van der Waals surface area contributed by atoms with Gasteiger partial charge in [-0.15, -0.1) is 11.8 Å². The zero-order chi connectivity index (χ0) is 24.4. The molecule has 0 heterocycles. The van der Waals surface area contributed by atoms with Crippen LogP contribution in [0.2, 0.25) is 20.1 Å². The molecule has 33 heavy (non-hydrogen) atoms. The molecule has 0 aliphatic heterocycles. The number of rotatable bonds is 12. The monoisotopic (exact) mass is 548 g/mol. The van der Waals surface area contributed by atoms with E-state index < -0.39 is 6.04 Å². The SMILES string of the molecule is CCCCNC(=O)[C@@H](CC)N(Cc1c(Cl)cccc1Cl)C(=O)CSCc1ccc(Cl)c(Cl)c1. The minimum Gasteiger partial charge on any atom is -0.354 e. The van der Waals surface area contributed by atoms with E-state index >= 15 is 0 Å². The minimum atomic E-state index is -0.618. The smallest absolute Gasteiger partial charge is 0.242 e. The molecule has 0 bridgehead atoms. The summed E-state index contributed by atoms with van der Waals surface area (Å²) in [6, 6.07) is 10.00. The maximum atomic E-state index is 13.3. The lowest BCUT2D eigenvalue weighted by Gasteiger charge is -2.31. The predicted octanol–water partition coefficient (Wildman–Crippen LogP) is 7.26. The average molecular weight is 550 g/mol. The largest absolute Gasteiger partial charge is 0.354 e. The summed E-state index contributed by atoms with van der Waals surface area (Å²) in [5.41, 5.74) is 1.59. The van der Waals surface area contributed by atoms with E-state index in [1.54, 1.807) is 35.2 Å². The molecule has 2 aromatic rings. The zero-order valence-electron chi connectivity index (χ0n) is 18.7. The number of hydrogen-bond donors (Lipinski definition) is 1. The fourth-order valence-corrected chi connectivity index (χ4v) is 4.94. The van der Waals surface area contributed by atoms with E-state index in [1.165, 1.54) is 11.8 Å². The van der Waals surface area contributed by atoms with Crippen LogP contribution < -0.4 is 5.32 Å². The van der Waals surface area contributed by atoms with E-state index in [9.17, 15) is 9.59 Å². The molecule has 0 spiro atoms. The highest BCUT2D eigenvalue weighted by atomic mass is 35.5. The van der Waals surface area contributed by atoms with Crippen molar-refractivity contribution in [1.29, 1.82) is 0 Å². The van der Waals surface area contributed by atoms with Crippen molar-refractivity contribution >= 4 is 70.0 Å². The number of hydrogen-bond acceptors (Lipinski definition) is 3. The standard InChI is InChI=1S/C24H28Cl4N2O2S/c1-3-5-11-29-24(32)22(4-2)30(13-17-18(25)7-6-8-19(17)26)23(31)15-33-14-16-9-10-20(27)21(28)12-16/h6-10,12,22H,3-5,11,13-15H2,1-2H3,(H,29,32)/t22-/m1/s1. The second-order valence-electron chi connectivity index (χ2n) is 7.53. The Morgan fingerprint density at radius 2 is 1.70 bits per heavy atom. The van der Waals surface area contributed by atoms with Crippen molar-refractivity contribution in [2.75, 3.05) is 12.3 Å². The van der Waals surface area contributed by atoms with Gasteiger partial charge in [-0.1, -0.05) is 78.8 Å². The van der Waals surface area contributed by atoms with Crippen LogP contribution in [0.25, 0.3) is 0 Å². The van der Waals surface area contributed by atoms with Crippen molar-refractivity contribution in [2.24, 2.45) is 0 Å². The highest BCUT2D eigenvalue weighted by Gasteiger charge is 2.29. The number of benzene rings is 2. The van der Waals surface area contributed by atoms with Crippen molar-refractivity contribution < 1.29 is 9.59 Å². The first kappa shape index (κ1) is 28.1. The maximum absolute atomic E-state index is 13.3. The Morgan fingerprint density at radius 3 is 2.30 bits per heavy atom. The van der Waals surface area contributed by atoms with Gasteiger partial charge in [0, 0.05) is 34.5 Å². The Bertz CT molecular complexity index is 938. The molecule has 2 amide bonds. The van der Waals surface area contributed by atoms with Crippen LogP contribution in [0.15, 0.2) is 36.4 Å². The van der Waals surface area contributed by atoms with Gasteiger partial charge in [0.1, 0.15) is 6.04 Å². The third-order valence-electron chi connectivity index (χ3n) is 5.08. The molecule has 1 N–H and O–H groups in total. The zero-order valence-corrected chi connectivity index (χ0v) is 22.5. The molecule has 0 fully saturated rings. The minimum absolute atomic E-state index is 0.157. The Balaban J connectivity index is 2.17. The Morgan fingerprint density at radius 1 is 1.00 bits per heavy atom. The molecule has 0 radical (unpaired) electrons. The molecule has 2 aromatic carbocycles. The van der Waals surface area contributed by atoms with Gasteiger partial charge in [-0.3, -0.25) is 9.59 Å². The van der Waals surface area contributed by atoms with Gasteiger partial charge in [-0.2, -0.15) is 0 Å². The number of unbranched alkanes of at least 4 members (excludes halogenated alkanes) is 1. The Labute approximate surface area is 220 Å². The molecule has 0 unspecified atom stereocenters. The molecule has 4 nitrogen and oxygen atoms in total. The number of carbonyl (C=O) groups excluding carboxylic acids is 2. The van der Waals surface area contributed by atoms with Gasteiger partial charge < -0.3 is 10.2 Å². The molecule has 1 atom stereocenters. The second kappa shape index (κ2) is 14.3. The maximum Gasteiger partial charge on any atom is 0.242 e. The van der Waals surface area contributed by atoms with Gasteiger partial charge in [0.05, 0.1) is 15.8 Å². The number of carbonyl (C=O) groups is 2. The topological polar surface area (TPSA) is 49.4 Å². The van der Waals surface area contributed by atoms with Crippen molar-refractivity contribution in [3.05, 3.63) is 67.6 Å². The molecule has 0 saturated heterocycles. The van der Waals surface area contributed by atoms with Gasteiger partial charge >= 0.3 is 0 Å². The number of nitrogens with zero attached hydrogens (tertiary/aromatic N) is 1. The predicted molar refractivity (Wildman–Crippen MR) is 142 cm³/mol. The van der Waals surface area contributed by atoms with E-state index in [2.05, 4.69) is 12.2 Å². The molecule has 9 heteroatoms. The van der Waals surface area contributed by atoms with Crippen LogP contribution >= 0.6 is 58.2 Å². The lowest BCUT2D eigenvalue weighted by molar-refractivity contribution is -0.139. The molecule has 0 aromatic heterocycles. The molecule has 0 aliphatic rings. The fourth-order valence-electron chi connectivity index (χ4n) is 3.25. The molecule has 180 valence electrons. The van der Waals surface area contributed by atoms with E-state index in [1.807, 2.05) is 13.0 Å². The van der Waals surface area contributed by atoms with E-state index in [0.29, 0.717) is 44.4 Å². The van der Waals surface area contributed by atoms with Crippen LogP contribution in [-0.4, -0.2) is 35.1 Å². The highest BCUT2D eigenvalue weighted by Crippen LogP contribution is 2.28. The number of amides is 2. The van der Waals surface area contributed by atoms with Crippen LogP contribution in [0, 0.1) is 0 Å². The van der Waals surface area contributed by atoms with Crippen molar-refractivity contribution in [1.82, 2.24) is 10.2 Å². The summed E-state index contributed by atoms with van der Waals surface area (Å²) in [6.07, 6.45) is 2.33. The normalized spacial score (nSPS) is 11.8. The van der Waals surface area contributed by atoms with Gasteiger partial charge in [0.25, 0.3) is 0 Å². The second-order valence-corrected chi connectivity index (χ2v) is 10.1. The lowest BCUT2D eigenvalue weighted by atomic mass is 10.1. The van der Waals surface area contributed by atoms with Gasteiger partial charge in [-0.25, -0.2) is 0 Å². The average Bonchev–Trinajstić information content (AvgIpc) is 2.78.